The van der Waals surface area contributed by atoms with E-state index in [2.05, 4.69) is 41.4 Å². The molecule has 1 aromatic carbocycles. The molecule has 1 unspecified atom stereocenters. The van der Waals surface area contributed by atoms with Crippen LogP contribution in [0.4, 0.5) is 5.69 Å². The minimum absolute atomic E-state index is 0.120. The zero-order chi connectivity index (χ0) is 18.7. The third-order valence-electron chi connectivity index (χ3n) is 5.66. The van der Waals surface area contributed by atoms with Gasteiger partial charge in [0.25, 0.3) is 5.91 Å². The van der Waals surface area contributed by atoms with Gasteiger partial charge in [-0.3, -0.25) is 4.79 Å². The molecule has 5 heteroatoms. The summed E-state index contributed by atoms with van der Waals surface area (Å²) >= 11 is 0. The Morgan fingerprint density at radius 3 is 2.77 bits per heavy atom. The number of carbonyl (C=O) groups excluding carboxylic acids is 1. The molecule has 0 radical (unpaired) electrons. The number of furan rings is 1. The fourth-order valence-electron chi connectivity index (χ4n) is 3.54. The molecular weight excluding hydrogens is 326 g/mol. The lowest BCUT2D eigenvalue weighted by Gasteiger charge is -2.27. The third kappa shape index (κ3) is 3.63. The fraction of sp³-hybridized carbons (Fsp3) is 0.476. The van der Waals surface area contributed by atoms with Gasteiger partial charge in [-0.15, -0.1) is 0 Å². The summed E-state index contributed by atoms with van der Waals surface area (Å²) < 4.78 is 5.66. The molecule has 3 rings (SSSR count). The highest BCUT2D eigenvalue weighted by molar-refractivity contribution is 5.95. The number of nitrogens with two attached hydrogens (primary N) is 1. The molecule has 0 saturated carbocycles. The van der Waals surface area contributed by atoms with E-state index < -0.39 is 0 Å². The third-order valence-corrected chi connectivity index (χ3v) is 5.66. The molecule has 0 saturated heterocycles. The first-order valence-electron chi connectivity index (χ1n) is 9.45. The maximum absolute atomic E-state index is 12.7. The number of anilines is 1. The number of rotatable bonds is 7. The highest BCUT2D eigenvalue weighted by Crippen LogP contribution is 2.33. The van der Waals surface area contributed by atoms with E-state index in [0.717, 1.165) is 19.3 Å². The van der Waals surface area contributed by atoms with Crippen LogP contribution < -0.4 is 16.0 Å². The van der Waals surface area contributed by atoms with Crippen LogP contribution in [0.15, 0.2) is 41.0 Å². The highest BCUT2D eigenvalue weighted by Gasteiger charge is 2.28. The molecule has 1 aliphatic rings. The van der Waals surface area contributed by atoms with Crippen LogP contribution >= 0.6 is 0 Å². The van der Waals surface area contributed by atoms with Gasteiger partial charge in [-0.05, 0) is 43.9 Å². The number of hydrogen-bond donors (Lipinski definition) is 2. The SMILES string of the molecule is CCC(N)(CC)CNC(=O)c1ccoc1CN1c2ccccc2CC1C. The number of nitrogens with one attached hydrogen (secondary N) is 1. The summed E-state index contributed by atoms with van der Waals surface area (Å²) in [6.07, 6.45) is 4.25. The molecule has 0 spiro atoms. The smallest absolute Gasteiger partial charge is 0.254 e. The molecule has 140 valence electrons. The molecule has 26 heavy (non-hydrogen) atoms. The summed E-state index contributed by atoms with van der Waals surface area (Å²) in [6, 6.07) is 10.5. The second kappa shape index (κ2) is 7.54. The lowest BCUT2D eigenvalue weighted by molar-refractivity contribution is 0.0940. The van der Waals surface area contributed by atoms with Gasteiger partial charge in [-0.2, -0.15) is 0 Å². The van der Waals surface area contributed by atoms with Crippen LogP contribution in [0.1, 0.15) is 55.3 Å². The monoisotopic (exact) mass is 355 g/mol. The molecule has 2 aromatic rings. The molecule has 5 nitrogen and oxygen atoms in total. The van der Waals surface area contributed by atoms with E-state index in [9.17, 15) is 4.79 Å². The summed E-state index contributed by atoms with van der Waals surface area (Å²) in [5.74, 6) is 0.576. The van der Waals surface area contributed by atoms with Gasteiger partial charge in [-0.1, -0.05) is 32.0 Å². The first-order chi connectivity index (χ1) is 12.5. The van der Waals surface area contributed by atoms with Crippen molar-refractivity contribution in [1.29, 1.82) is 0 Å². The molecule has 2 heterocycles. The summed E-state index contributed by atoms with van der Waals surface area (Å²) in [5, 5.41) is 2.98. The molecule has 0 bridgehead atoms. The summed E-state index contributed by atoms with van der Waals surface area (Å²) in [6.45, 7) is 7.35. The predicted molar refractivity (Wildman–Crippen MR) is 104 cm³/mol. The van der Waals surface area contributed by atoms with E-state index >= 15 is 0 Å². The summed E-state index contributed by atoms with van der Waals surface area (Å²) in [7, 11) is 0. The summed E-state index contributed by atoms with van der Waals surface area (Å²) in [5.41, 5.74) is 9.09. The molecule has 1 aromatic heterocycles. The maximum atomic E-state index is 12.7. The van der Waals surface area contributed by atoms with Crippen LogP contribution in [-0.2, 0) is 13.0 Å². The van der Waals surface area contributed by atoms with Crippen LogP contribution in [-0.4, -0.2) is 24.0 Å². The van der Waals surface area contributed by atoms with Crippen molar-refractivity contribution in [2.75, 3.05) is 11.4 Å². The Kier molecular flexibility index (Phi) is 5.37. The number of amides is 1. The minimum Gasteiger partial charge on any atom is -0.467 e. The van der Waals surface area contributed by atoms with Crippen molar-refractivity contribution in [1.82, 2.24) is 5.32 Å². The highest BCUT2D eigenvalue weighted by atomic mass is 16.3. The van der Waals surface area contributed by atoms with Crippen molar-refractivity contribution in [3.8, 4) is 0 Å². The zero-order valence-corrected chi connectivity index (χ0v) is 15.9. The lowest BCUT2D eigenvalue weighted by atomic mass is 9.94. The van der Waals surface area contributed by atoms with Gasteiger partial charge in [0.15, 0.2) is 0 Å². The quantitative estimate of drug-likeness (QED) is 0.798. The second-order valence-electron chi connectivity index (χ2n) is 7.32. The zero-order valence-electron chi connectivity index (χ0n) is 15.9. The van der Waals surface area contributed by atoms with E-state index in [1.807, 2.05) is 13.8 Å². The van der Waals surface area contributed by atoms with Gasteiger partial charge < -0.3 is 20.4 Å². The van der Waals surface area contributed by atoms with Gasteiger partial charge in [-0.25, -0.2) is 0 Å². The van der Waals surface area contributed by atoms with Gasteiger partial charge in [0.05, 0.1) is 18.4 Å². The predicted octanol–water partition coefficient (Wildman–Crippen LogP) is 3.48. The van der Waals surface area contributed by atoms with Crippen LogP contribution in [0.25, 0.3) is 0 Å². The number of para-hydroxylation sites is 1. The number of carbonyl (C=O) groups is 1. The van der Waals surface area contributed by atoms with Gasteiger partial charge >= 0.3 is 0 Å². The molecular formula is C21H29N3O2. The number of benzene rings is 1. The maximum Gasteiger partial charge on any atom is 0.254 e. The topological polar surface area (TPSA) is 71.5 Å². The Hall–Kier alpha value is -2.27. The molecule has 1 aliphatic heterocycles. The van der Waals surface area contributed by atoms with E-state index in [0.29, 0.717) is 30.5 Å². The van der Waals surface area contributed by atoms with Crippen molar-refractivity contribution in [3.63, 3.8) is 0 Å². The Balaban J connectivity index is 1.72. The van der Waals surface area contributed by atoms with Crippen molar-refractivity contribution in [3.05, 3.63) is 53.5 Å². The van der Waals surface area contributed by atoms with E-state index in [-0.39, 0.29) is 11.4 Å². The van der Waals surface area contributed by atoms with Gasteiger partial charge in [0, 0.05) is 23.8 Å². The molecule has 0 fully saturated rings. The Morgan fingerprint density at radius 2 is 2.04 bits per heavy atom. The minimum atomic E-state index is -0.359. The van der Waals surface area contributed by atoms with Crippen molar-refractivity contribution in [2.45, 2.75) is 58.2 Å². The van der Waals surface area contributed by atoms with Crippen LogP contribution in [0.3, 0.4) is 0 Å². The normalized spacial score (nSPS) is 16.6. The van der Waals surface area contributed by atoms with Crippen LogP contribution in [0.5, 0.6) is 0 Å². The van der Waals surface area contributed by atoms with Gasteiger partial charge in [0.2, 0.25) is 0 Å². The first-order valence-corrected chi connectivity index (χ1v) is 9.45. The molecule has 3 N–H and O–H groups in total. The molecule has 1 amide bonds. The summed E-state index contributed by atoms with van der Waals surface area (Å²) in [4.78, 5) is 15.0. The van der Waals surface area contributed by atoms with Crippen LogP contribution in [0, 0.1) is 0 Å². The second-order valence-corrected chi connectivity index (χ2v) is 7.32. The van der Waals surface area contributed by atoms with Crippen molar-refractivity contribution >= 4 is 11.6 Å². The average molecular weight is 355 g/mol. The Labute approximate surface area is 155 Å². The van der Waals surface area contributed by atoms with E-state index in [1.54, 1.807) is 12.3 Å². The first kappa shape index (κ1) is 18.5. The standard InChI is InChI=1S/C21H29N3O2/c1-4-21(22,5-2)14-23-20(25)17-10-11-26-19(17)13-24-15(3)12-16-8-6-7-9-18(16)24/h6-11,15H,4-5,12-14,22H2,1-3H3,(H,23,25). The molecule has 0 aliphatic carbocycles. The van der Waals surface area contributed by atoms with Crippen molar-refractivity contribution < 1.29 is 9.21 Å². The number of fused-ring (bicyclic) bond motifs is 1. The fourth-order valence-corrected chi connectivity index (χ4v) is 3.54. The van der Waals surface area contributed by atoms with Crippen molar-refractivity contribution in [2.24, 2.45) is 5.73 Å². The average Bonchev–Trinajstić information content (AvgIpc) is 3.24. The Bertz CT molecular complexity index is 764. The lowest BCUT2D eigenvalue weighted by Crippen LogP contribution is -2.49. The Morgan fingerprint density at radius 1 is 1.31 bits per heavy atom. The number of nitrogens with zero attached hydrogens (tertiary/aromatic N) is 1. The van der Waals surface area contributed by atoms with E-state index in [1.165, 1.54) is 11.3 Å². The van der Waals surface area contributed by atoms with Crippen LogP contribution in [0.2, 0.25) is 0 Å². The molecule has 1 atom stereocenters. The van der Waals surface area contributed by atoms with E-state index in [4.69, 9.17) is 10.2 Å². The largest absolute Gasteiger partial charge is 0.467 e. The van der Waals surface area contributed by atoms with Gasteiger partial charge in [0.1, 0.15) is 5.76 Å². The number of hydrogen-bond acceptors (Lipinski definition) is 4.